The fraction of sp³-hybridized carbons (Fsp3) is 0.474. The zero-order chi connectivity index (χ0) is 15.8. The van der Waals surface area contributed by atoms with Crippen LogP contribution >= 0.6 is 0 Å². The average Bonchev–Trinajstić information content (AvgIpc) is 3.17. The predicted octanol–water partition coefficient (Wildman–Crippen LogP) is 3.23. The number of aromatic amines is 1. The molecule has 1 saturated heterocycles. The molecule has 2 heterocycles. The van der Waals surface area contributed by atoms with Crippen LogP contribution in [0.25, 0.3) is 0 Å². The molecule has 1 amide bonds. The third-order valence-corrected chi connectivity index (χ3v) is 5.39. The smallest absolute Gasteiger partial charge is 0.226 e. The Morgan fingerprint density at radius 3 is 2.96 bits per heavy atom. The lowest BCUT2D eigenvalue weighted by molar-refractivity contribution is -0.133. The summed E-state index contributed by atoms with van der Waals surface area (Å²) < 4.78 is 0. The van der Waals surface area contributed by atoms with Gasteiger partial charge in [-0.25, -0.2) is 0 Å². The third kappa shape index (κ3) is 2.78. The predicted molar refractivity (Wildman–Crippen MR) is 89.2 cm³/mol. The summed E-state index contributed by atoms with van der Waals surface area (Å²) in [4.78, 5) is 15.0. The lowest BCUT2D eigenvalue weighted by Gasteiger charge is -2.32. The first kappa shape index (κ1) is 14.5. The Bertz CT molecular complexity index is 694. The van der Waals surface area contributed by atoms with Gasteiger partial charge in [0.2, 0.25) is 5.91 Å². The number of hydrogen-bond acceptors (Lipinski definition) is 2. The number of hydrogen-bond donors (Lipinski definition) is 1. The number of aromatic nitrogens is 2. The van der Waals surface area contributed by atoms with Gasteiger partial charge in [0.15, 0.2) is 0 Å². The molecule has 0 bridgehead atoms. The van der Waals surface area contributed by atoms with E-state index in [2.05, 4.69) is 46.3 Å². The maximum absolute atomic E-state index is 12.9. The van der Waals surface area contributed by atoms with Crippen LogP contribution in [0.5, 0.6) is 0 Å². The SMILES string of the molecule is Cc1ccccc1C1CC1C(=O)N1CCCC(c2ccn[nH]2)C1. The molecule has 4 nitrogen and oxygen atoms in total. The monoisotopic (exact) mass is 309 g/mol. The number of amides is 1. The Kier molecular flexibility index (Phi) is 3.68. The third-order valence-electron chi connectivity index (χ3n) is 5.39. The Balaban J connectivity index is 1.43. The second kappa shape index (κ2) is 5.84. The van der Waals surface area contributed by atoms with Gasteiger partial charge in [-0.05, 0) is 49.3 Å². The molecule has 4 rings (SSSR count). The van der Waals surface area contributed by atoms with Gasteiger partial charge in [-0.1, -0.05) is 24.3 Å². The van der Waals surface area contributed by atoms with Crippen LogP contribution in [0.1, 0.15) is 47.9 Å². The number of nitrogens with one attached hydrogen (secondary N) is 1. The van der Waals surface area contributed by atoms with Crippen molar-refractivity contribution in [3.63, 3.8) is 0 Å². The van der Waals surface area contributed by atoms with E-state index < -0.39 is 0 Å². The van der Waals surface area contributed by atoms with Crippen molar-refractivity contribution >= 4 is 5.91 Å². The highest BCUT2D eigenvalue weighted by Crippen LogP contribution is 2.49. The van der Waals surface area contributed by atoms with E-state index in [-0.39, 0.29) is 5.92 Å². The molecule has 4 heteroatoms. The van der Waals surface area contributed by atoms with Crippen molar-refractivity contribution in [3.8, 4) is 0 Å². The molecule has 3 atom stereocenters. The quantitative estimate of drug-likeness (QED) is 0.946. The number of benzene rings is 1. The standard InChI is InChI=1S/C19H23N3O/c1-13-5-2-3-7-15(13)16-11-17(16)19(23)22-10-4-6-14(12-22)18-8-9-20-21-18/h2-3,5,7-9,14,16-17H,4,6,10-12H2,1H3,(H,20,21). The molecule has 1 aromatic carbocycles. The van der Waals surface area contributed by atoms with Gasteiger partial charge in [0, 0.05) is 36.8 Å². The topological polar surface area (TPSA) is 49.0 Å². The van der Waals surface area contributed by atoms with E-state index in [1.165, 1.54) is 11.1 Å². The molecule has 3 unspecified atom stereocenters. The summed E-state index contributed by atoms with van der Waals surface area (Å²) in [7, 11) is 0. The number of carbonyl (C=O) groups is 1. The summed E-state index contributed by atoms with van der Waals surface area (Å²) in [5, 5.41) is 7.11. The van der Waals surface area contributed by atoms with E-state index >= 15 is 0 Å². The Hall–Kier alpha value is -2.10. The van der Waals surface area contributed by atoms with E-state index in [9.17, 15) is 4.79 Å². The summed E-state index contributed by atoms with van der Waals surface area (Å²) in [6, 6.07) is 10.5. The number of H-pyrrole nitrogens is 1. The van der Waals surface area contributed by atoms with Crippen LogP contribution in [0.2, 0.25) is 0 Å². The Labute approximate surface area is 136 Å². The van der Waals surface area contributed by atoms with Crippen LogP contribution in [0.3, 0.4) is 0 Å². The fourth-order valence-electron chi connectivity index (χ4n) is 3.97. The highest BCUT2D eigenvalue weighted by atomic mass is 16.2. The summed E-state index contributed by atoms with van der Waals surface area (Å²) in [6.45, 7) is 3.88. The molecule has 2 aliphatic rings. The summed E-state index contributed by atoms with van der Waals surface area (Å²) in [5.74, 6) is 1.38. The number of likely N-dealkylation sites (tertiary alicyclic amines) is 1. The summed E-state index contributed by atoms with van der Waals surface area (Å²) in [5.41, 5.74) is 3.82. The number of aryl methyl sites for hydroxylation is 1. The van der Waals surface area contributed by atoms with Gasteiger partial charge >= 0.3 is 0 Å². The van der Waals surface area contributed by atoms with Crippen molar-refractivity contribution in [2.75, 3.05) is 13.1 Å². The van der Waals surface area contributed by atoms with Crippen LogP contribution in [-0.4, -0.2) is 34.1 Å². The molecular weight excluding hydrogens is 286 g/mol. The van der Waals surface area contributed by atoms with Crippen molar-refractivity contribution < 1.29 is 4.79 Å². The van der Waals surface area contributed by atoms with E-state index in [1.54, 1.807) is 6.20 Å². The zero-order valence-electron chi connectivity index (χ0n) is 13.5. The second-order valence-corrected chi connectivity index (χ2v) is 6.94. The molecule has 2 fully saturated rings. The van der Waals surface area contributed by atoms with Gasteiger partial charge in [-0.3, -0.25) is 9.89 Å². The molecule has 1 aliphatic carbocycles. The number of rotatable bonds is 3. The van der Waals surface area contributed by atoms with E-state index in [0.717, 1.165) is 38.0 Å². The van der Waals surface area contributed by atoms with Crippen molar-refractivity contribution in [2.24, 2.45) is 5.92 Å². The first-order chi connectivity index (χ1) is 11.2. The van der Waals surface area contributed by atoms with Crippen LogP contribution in [0.15, 0.2) is 36.5 Å². The van der Waals surface area contributed by atoms with E-state index in [4.69, 9.17) is 0 Å². The minimum Gasteiger partial charge on any atom is -0.342 e. The van der Waals surface area contributed by atoms with Crippen LogP contribution in [-0.2, 0) is 4.79 Å². The lowest BCUT2D eigenvalue weighted by Crippen LogP contribution is -2.40. The highest BCUT2D eigenvalue weighted by Gasteiger charge is 2.46. The lowest BCUT2D eigenvalue weighted by atomic mass is 9.94. The van der Waals surface area contributed by atoms with Gasteiger partial charge in [0.05, 0.1) is 0 Å². The first-order valence-corrected chi connectivity index (χ1v) is 8.57. The summed E-state index contributed by atoms with van der Waals surface area (Å²) in [6.07, 6.45) is 5.02. The maximum atomic E-state index is 12.9. The van der Waals surface area contributed by atoms with Gasteiger partial charge in [-0.2, -0.15) is 5.10 Å². The highest BCUT2D eigenvalue weighted by molar-refractivity contribution is 5.83. The maximum Gasteiger partial charge on any atom is 0.226 e. The fourth-order valence-corrected chi connectivity index (χ4v) is 3.97. The van der Waals surface area contributed by atoms with Crippen LogP contribution < -0.4 is 0 Å². The van der Waals surface area contributed by atoms with Gasteiger partial charge in [0.1, 0.15) is 0 Å². The zero-order valence-corrected chi connectivity index (χ0v) is 13.5. The second-order valence-electron chi connectivity index (χ2n) is 6.94. The molecule has 120 valence electrons. The largest absolute Gasteiger partial charge is 0.342 e. The van der Waals surface area contributed by atoms with Crippen molar-refractivity contribution in [1.82, 2.24) is 15.1 Å². The number of nitrogens with zero attached hydrogens (tertiary/aromatic N) is 2. The number of piperidine rings is 1. The Morgan fingerprint density at radius 2 is 2.17 bits per heavy atom. The van der Waals surface area contributed by atoms with Crippen LogP contribution in [0.4, 0.5) is 0 Å². The van der Waals surface area contributed by atoms with Gasteiger partial charge in [0.25, 0.3) is 0 Å². The van der Waals surface area contributed by atoms with Crippen molar-refractivity contribution in [3.05, 3.63) is 53.3 Å². The first-order valence-electron chi connectivity index (χ1n) is 8.57. The Morgan fingerprint density at radius 1 is 1.30 bits per heavy atom. The molecule has 1 N–H and O–H groups in total. The minimum atomic E-state index is 0.191. The van der Waals surface area contributed by atoms with E-state index in [1.807, 2.05) is 6.07 Å². The molecule has 0 radical (unpaired) electrons. The van der Waals surface area contributed by atoms with Gasteiger partial charge in [-0.15, -0.1) is 0 Å². The molecular formula is C19H23N3O. The molecule has 1 aromatic heterocycles. The van der Waals surface area contributed by atoms with E-state index in [0.29, 0.717) is 17.7 Å². The summed E-state index contributed by atoms with van der Waals surface area (Å²) >= 11 is 0. The molecule has 2 aromatic rings. The normalized spacial score (nSPS) is 27.0. The van der Waals surface area contributed by atoms with Crippen LogP contribution in [0, 0.1) is 12.8 Å². The van der Waals surface area contributed by atoms with Crippen molar-refractivity contribution in [1.29, 1.82) is 0 Å². The molecule has 23 heavy (non-hydrogen) atoms. The average molecular weight is 309 g/mol. The molecule has 0 spiro atoms. The number of carbonyl (C=O) groups excluding carboxylic acids is 1. The minimum absolute atomic E-state index is 0.191. The van der Waals surface area contributed by atoms with Crippen molar-refractivity contribution in [2.45, 2.75) is 38.0 Å². The molecule has 1 saturated carbocycles. The molecule has 1 aliphatic heterocycles. The van der Waals surface area contributed by atoms with Gasteiger partial charge < -0.3 is 4.90 Å².